The van der Waals surface area contributed by atoms with Crippen molar-refractivity contribution in [3.05, 3.63) is 28.2 Å². The van der Waals surface area contributed by atoms with Crippen LogP contribution in [0, 0.1) is 17.6 Å². The van der Waals surface area contributed by atoms with Gasteiger partial charge in [0.25, 0.3) is 0 Å². The molecule has 1 N–H and O–H groups in total. The molecule has 0 aromatic heterocycles. The summed E-state index contributed by atoms with van der Waals surface area (Å²) in [6.07, 6.45) is 1.00. The molecular formula is C15H21BrF2N2. The molecule has 0 radical (unpaired) electrons. The third kappa shape index (κ3) is 3.50. The van der Waals surface area contributed by atoms with Crippen molar-refractivity contribution in [1.82, 2.24) is 5.32 Å². The summed E-state index contributed by atoms with van der Waals surface area (Å²) in [6, 6.07) is 2.99. The maximum absolute atomic E-state index is 14.1. The molecule has 2 atom stereocenters. The van der Waals surface area contributed by atoms with Gasteiger partial charge in [-0.25, -0.2) is 8.78 Å². The van der Waals surface area contributed by atoms with Crippen LogP contribution in [0.2, 0.25) is 0 Å². The van der Waals surface area contributed by atoms with Crippen molar-refractivity contribution in [2.75, 3.05) is 18.0 Å². The van der Waals surface area contributed by atoms with Gasteiger partial charge >= 0.3 is 0 Å². The zero-order chi connectivity index (χ0) is 14.9. The predicted molar refractivity (Wildman–Crippen MR) is 82.1 cm³/mol. The normalized spacial score (nSPS) is 23.4. The summed E-state index contributed by atoms with van der Waals surface area (Å²) in [5.74, 6) is -0.454. The maximum atomic E-state index is 14.1. The topological polar surface area (TPSA) is 15.3 Å². The lowest BCUT2D eigenvalue weighted by Crippen LogP contribution is -2.56. The number of halogens is 3. The maximum Gasteiger partial charge on any atom is 0.150 e. The predicted octanol–water partition coefficient (Wildman–Crippen LogP) is 3.94. The Morgan fingerprint density at radius 3 is 2.50 bits per heavy atom. The number of nitrogens with zero attached hydrogens (tertiary/aromatic N) is 1. The molecular weight excluding hydrogens is 326 g/mol. The molecule has 112 valence electrons. The molecule has 2 unspecified atom stereocenters. The van der Waals surface area contributed by atoms with Gasteiger partial charge in [-0.05, 0) is 31.4 Å². The molecule has 1 aliphatic heterocycles. The average molecular weight is 347 g/mol. The number of rotatable bonds is 3. The molecule has 0 bridgehead atoms. The van der Waals surface area contributed by atoms with Crippen molar-refractivity contribution in [3.8, 4) is 0 Å². The molecule has 2 rings (SSSR count). The van der Waals surface area contributed by atoms with Gasteiger partial charge < -0.3 is 10.2 Å². The molecule has 1 saturated heterocycles. The Bertz CT molecular complexity index is 456. The van der Waals surface area contributed by atoms with Crippen LogP contribution in [0.25, 0.3) is 0 Å². The standard InChI is InChI=1S/C15H21BrF2N2/c1-9(2)4-12-8-20(10(3)7-19-12)15-13(17)5-11(16)6-14(15)18/h5-6,9-10,12,19H,4,7-8H2,1-3H3. The Kier molecular flexibility index (Phi) is 5.02. The second kappa shape index (κ2) is 6.39. The third-order valence-electron chi connectivity index (χ3n) is 3.68. The summed E-state index contributed by atoms with van der Waals surface area (Å²) in [5, 5.41) is 3.45. The van der Waals surface area contributed by atoms with Gasteiger partial charge in [-0.3, -0.25) is 0 Å². The molecule has 1 aromatic carbocycles. The van der Waals surface area contributed by atoms with Crippen molar-refractivity contribution in [3.63, 3.8) is 0 Å². The summed E-state index contributed by atoms with van der Waals surface area (Å²) >= 11 is 3.12. The van der Waals surface area contributed by atoms with E-state index in [2.05, 4.69) is 35.1 Å². The highest BCUT2D eigenvalue weighted by atomic mass is 79.9. The Morgan fingerprint density at radius 2 is 1.95 bits per heavy atom. The number of piperazine rings is 1. The Hall–Kier alpha value is -0.680. The van der Waals surface area contributed by atoms with Gasteiger partial charge in [-0.2, -0.15) is 0 Å². The molecule has 0 amide bonds. The van der Waals surface area contributed by atoms with E-state index in [1.54, 1.807) is 0 Å². The van der Waals surface area contributed by atoms with Crippen molar-refractivity contribution < 1.29 is 8.78 Å². The van der Waals surface area contributed by atoms with Gasteiger partial charge in [0.15, 0.2) is 11.6 Å². The van der Waals surface area contributed by atoms with E-state index in [4.69, 9.17) is 0 Å². The summed E-state index contributed by atoms with van der Waals surface area (Å²) < 4.78 is 28.7. The summed E-state index contributed by atoms with van der Waals surface area (Å²) in [5.41, 5.74) is 0.0935. The zero-order valence-corrected chi connectivity index (χ0v) is 13.7. The van der Waals surface area contributed by atoms with Crippen molar-refractivity contribution in [2.45, 2.75) is 39.3 Å². The second-order valence-electron chi connectivity index (χ2n) is 5.95. The fraction of sp³-hybridized carbons (Fsp3) is 0.600. The van der Waals surface area contributed by atoms with Gasteiger partial charge in [-0.15, -0.1) is 0 Å². The molecule has 1 aliphatic rings. The lowest BCUT2D eigenvalue weighted by Gasteiger charge is -2.41. The molecule has 0 saturated carbocycles. The van der Waals surface area contributed by atoms with E-state index >= 15 is 0 Å². The van der Waals surface area contributed by atoms with Crippen molar-refractivity contribution >= 4 is 21.6 Å². The minimum atomic E-state index is -0.506. The van der Waals surface area contributed by atoms with Crippen LogP contribution in [-0.4, -0.2) is 25.2 Å². The van der Waals surface area contributed by atoms with Crippen LogP contribution in [-0.2, 0) is 0 Å². The van der Waals surface area contributed by atoms with E-state index in [1.165, 1.54) is 12.1 Å². The highest BCUT2D eigenvalue weighted by Gasteiger charge is 2.29. The molecule has 1 aromatic rings. The van der Waals surface area contributed by atoms with Gasteiger partial charge in [0.05, 0.1) is 0 Å². The first-order chi connectivity index (χ1) is 9.38. The van der Waals surface area contributed by atoms with Crippen LogP contribution in [0.3, 0.4) is 0 Å². The number of benzene rings is 1. The fourth-order valence-corrected chi connectivity index (χ4v) is 3.18. The van der Waals surface area contributed by atoms with E-state index in [1.807, 2.05) is 11.8 Å². The SMILES string of the molecule is CC(C)CC1CN(c2c(F)cc(Br)cc2F)C(C)CN1. The molecule has 1 heterocycles. The van der Waals surface area contributed by atoms with Gasteiger partial charge in [-0.1, -0.05) is 29.8 Å². The third-order valence-corrected chi connectivity index (χ3v) is 4.13. The Balaban J connectivity index is 2.25. The molecule has 1 fully saturated rings. The van der Waals surface area contributed by atoms with Crippen LogP contribution in [0.1, 0.15) is 27.2 Å². The number of nitrogens with one attached hydrogen (secondary N) is 1. The number of anilines is 1. The monoisotopic (exact) mass is 346 g/mol. The molecule has 20 heavy (non-hydrogen) atoms. The van der Waals surface area contributed by atoms with Crippen LogP contribution < -0.4 is 10.2 Å². The van der Waals surface area contributed by atoms with Crippen LogP contribution in [0.4, 0.5) is 14.5 Å². The lowest BCUT2D eigenvalue weighted by atomic mass is 9.99. The second-order valence-corrected chi connectivity index (χ2v) is 6.87. The number of hydrogen-bond acceptors (Lipinski definition) is 2. The first kappa shape index (κ1) is 15.7. The molecule has 0 aliphatic carbocycles. The zero-order valence-electron chi connectivity index (χ0n) is 12.1. The van der Waals surface area contributed by atoms with E-state index in [0.29, 0.717) is 16.9 Å². The van der Waals surface area contributed by atoms with Crippen molar-refractivity contribution in [1.29, 1.82) is 0 Å². The lowest BCUT2D eigenvalue weighted by molar-refractivity contribution is 0.351. The first-order valence-corrected chi connectivity index (χ1v) is 7.82. The van der Waals surface area contributed by atoms with Crippen LogP contribution >= 0.6 is 15.9 Å². The smallest absolute Gasteiger partial charge is 0.150 e. The van der Waals surface area contributed by atoms with Gasteiger partial charge in [0.1, 0.15) is 5.69 Å². The fourth-order valence-electron chi connectivity index (χ4n) is 2.78. The summed E-state index contributed by atoms with van der Waals surface area (Å²) in [6.45, 7) is 7.68. The van der Waals surface area contributed by atoms with E-state index < -0.39 is 11.6 Å². The quantitative estimate of drug-likeness (QED) is 0.891. The van der Waals surface area contributed by atoms with Gasteiger partial charge in [0, 0.05) is 29.6 Å². The van der Waals surface area contributed by atoms with Gasteiger partial charge in [0.2, 0.25) is 0 Å². The minimum Gasteiger partial charge on any atom is -0.361 e. The van der Waals surface area contributed by atoms with E-state index in [0.717, 1.165) is 13.0 Å². The minimum absolute atomic E-state index is 0.0728. The Labute approximate surface area is 127 Å². The average Bonchev–Trinajstić information content (AvgIpc) is 2.31. The number of hydrogen-bond donors (Lipinski definition) is 1. The Morgan fingerprint density at radius 1 is 1.35 bits per heavy atom. The molecule has 2 nitrogen and oxygen atoms in total. The van der Waals surface area contributed by atoms with Crippen molar-refractivity contribution in [2.24, 2.45) is 5.92 Å². The summed E-state index contributed by atoms with van der Waals surface area (Å²) in [7, 11) is 0. The summed E-state index contributed by atoms with van der Waals surface area (Å²) in [4.78, 5) is 1.85. The highest BCUT2D eigenvalue weighted by molar-refractivity contribution is 9.10. The first-order valence-electron chi connectivity index (χ1n) is 7.03. The van der Waals surface area contributed by atoms with E-state index in [9.17, 15) is 8.78 Å². The van der Waals surface area contributed by atoms with Crippen LogP contribution in [0.5, 0.6) is 0 Å². The highest BCUT2D eigenvalue weighted by Crippen LogP contribution is 2.30. The molecule has 5 heteroatoms. The molecule has 0 spiro atoms. The van der Waals surface area contributed by atoms with Crippen LogP contribution in [0.15, 0.2) is 16.6 Å². The largest absolute Gasteiger partial charge is 0.361 e. The van der Waals surface area contributed by atoms with E-state index in [-0.39, 0.29) is 17.8 Å².